The number of carbonyl (C=O) groups is 1. The van der Waals surface area contributed by atoms with Gasteiger partial charge in [-0.05, 0) is 19.1 Å². The van der Waals surface area contributed by atoms with Gasteiger partial charge in [-0.25, -0.2) is 0 Å². The molecule has 0 spiro atoms. The molecule has 5 nitrogen and oxygen atoms in total. The molecule has 0 bridgehead atoms. The molecule has 1 unspecified atom stereocenters. The Labute approximate surface area is 112 Å². The molecular weight excluding hydrogens is 256 g/mol. The van der Waals surface area contributed by atoms with Crippen LogP contribution in [0.15, 0.2) is 24.3 Å². The van der Waals surface area contributed by atoms with Crippen LogP contribution in [0.2, 0.25) is 0 Å². The molecule has 3 N–H and O–H groups in total. The number of rotatable bonds is 3. The van der Waals surface area contributed by atoms with Gasteiger partial charge in [-0.3, -0.25) is 4.79 Å². The van der Waals surface area contributed by atoms with Crippen molar-refractivity contribution >= 4 is 18.3 Å². The highest BCUT2D eigenvalue weighted by molar-refractivity contribution is 5.85. The van der Waals surface area contributed by atoms with Crippen LogP contribution in [0.3, 0.4) is 0 Å². The fourth-order valence-corrected chi connectivity index (χ4v) is 1.54. The van der Waals surface area contributed by atoms with Crippen LogP contribution in [-0.2, 0) is 4.79 Å². The van der Waals surface area contributed by atoms with Crippen molar-refractivity contribution in [2.24, 2.45) is 5.73 Å². The molecule has 0 saturated carbocycles. The normalized spacial score (nSPS) is 18.4. The summed E-state index contributed by atoms with van der Waals surface area (Å²) >= 11 is 0. The molecule has 1 heterocycles. The third-order valence-corrected chi connectivity index (χ3v) is 2.49. The number of para-hydroxylation sites is 2. The third-order valence-electron chi connectivity index (χ3n) is 2.49. The number of fused-ring (bicyclic) bond motifs is 1. The van der Waals surface area contributed by atoms with Crippen molar-refractivity contribution < 1.29 is 14.3 Å². The summed E-state index contributed by atoms with van der Waals surface area (Å²) in [6.45, 7) is 2.47. The number of amides is 1. The van der Waals surface area contributed by atoms with E-state index >= 15 is 0 Å². The smallest absolute Gasteiger partial charge is 0.236 e. The molecule has 1 amide bonds. The second-order valence-corrected chi connectivity index (χ2v) is 4.03. The maximum atomic E-state index is 11.3. The molecule has 0 fully saturated rings. The lowest BCUT2D eigenvalue weighted by molar-refractivity contribution is -0.122. The van der Waals surface area contributed by atoms with E-state index < -0.39 is 6.04 Å². The van der Waals surface area contributed by atoms with Crippen LogP contribution >= 0.6 is 12.4 Å². The van der Waals surface area contributed by atoms with E-state index in [-0.39, 0.29) is 24.4 Å². The standard InChI is InChI=1S/C12H16N2O3.ClH/c1-8(13)12(15)14-6-9-7-16-10-4-2-3-5-11(10)17-9;/h2-5,8-9H,6-7,13H2,1H3,(H,14,15);1H/t8-,9?;/m0./s1. The molecule has 1 aromatic carbocycles. The minimum absolute atomic E-state index is 0. The van der Waals surface area contributed by atoms with Gasteiger partial charge in [-0.2, -0.15) is 0 Å². The summed E-state index contributed by atoms with van der Waals surface area (Å²) in [6.07, 6.45) is -0.174. The summed E-state index contributed by atoms with van der Waals surface area (Å²) in [4.78, 5) is 11.3. The first-order chi connectivity index (χ1) is 8.16. The van der Waals surface area contributed by atoms with Gasteiger partial charge in [-0.15, -0.1) is 12.4 Å². The largest absolute Gasteiger partial charge is 0.486 e. The number of hydrogen-bond donors (Lipinski definition) is 2. The van der Waals surface area contributed by atoms with Crippen LogP contribution in [0.4, 0.5) is 0 Å². The molecule has 0 saturated heterocycles. The number of carbonyl (C=O) groups excluding carboxylic acids is 1. The van der Waals surface area contributed by atoms with Crippen molar-refractivity contribution in [1.29, 1.82) is 0 Å². The Bertz CT molecular complexity index is 412. The number of halogens is 1. The van der Waals surface area contributed by atoms with Gasteiger partial charge in [0.1, 0.15) is 12.7 Å². The number of nitrogens with two attached hydrogens (primary N) is 1. The van der Waals surface area contributed by atoms with E-state index in [9.17, 15) is 4.79 Å². The fraction of sp³-hybridized carbons (Fsp3) is 0.417. The van der Waals surface area contributed by atoms with E-state index in [2.05, 4.69) is 5.32 Å². The van der Waals surface area contributed by atoms with Crippen LogP contribution in [-0.4, -0.2) is 31.2 Å². The summed E-state index contributed by atoms with van der Waals surface area (Å²) in [7, 11) is 0. The monoisotopic (exact) mass is 272 g/mol. The Balaban J connectivity index is 0.00000162. The highest BCUT2D eigenvalue weighted by Gasteiger charge is 2.21. The predicted octanol–water partition coefficient (Wildman–Crippen LogP) is 0.712. The molecule has 0 aromatic heterocycles. The molecule has 100 valence electrons. The molecule has 1 aliphatic heterocycles. The Morgan fingerprint density at radius 2 is 2.17 bits per heavy atom. The van der Waals surface area contributed by atoms with Crippen LogP contribution < -0.4 is 20.5 Å². The predicted molar refractivity (Wildman–Crippen MR) is 70.3 cm³/mol. The number of ether oxygens (including phenoxy) is 2. The Kier molecular flexibility index (Phi) is 5.25. The molecule has 2 atom stereocenters. The summed E-state index contributed by atoms with van der Waals surface area (Å²) in [5.41, 5.74) is 5.44. The Morgan fingerprint density at radius 3 is 2.83 bits per heavy atom. The van der Waals surface area contributed by atoms with E-state index in [1.807, 2.05) is 24.3 Å². The van der Waals surface area contributed by atoms with Crippen molar-refractivity contribution in [3.63, 3.8) is 0 Å². The second kappa shape index (κ2) is 6.47. The van der Waals surface area contributed by atoms with Crippen molar-refractivity contribution in [2.75, 3.05) is 13.2 Å². The summed E-state index contributed by atoms with van der Waals surface area (Å²) in [5, 5.41) is 2.71. The first-order valence-corrected chi connectivity index (χ1v) is 5.58. The quantitative estimate of drug-likeness (QED) is 0.850. The molecule has 0 radical (unpaired) electrons. The van der Waals surface area contributed by atoms with Gasteiger partial charge in [0.2, 0.25) is 5.91 Å². The first-order valence-electron chi connectivity index (χ1n) is 5.58. The van der Waals surface area contributed by atoms with E-state index in [0.717, 1.165) is 5.75 Å². The summed E-state index contributed by atoms with van der Waals surface area (Å²) in [5.74, 6) is 1.26. The Hall–Kier alpha value is -1.46. The summed E-state index contributed by atoms with van der Waals surface area (Å²) < 4.78 is 11.2. The van der Waals surface area contributed by atoms with Gasteiger partial charge in [0.05, 0.1) is 12.6 Å². The highest BCUT2D eigenvalue weighted by atomic mass is 35.5. The first kappa shape index (κ1) is 14.6. The maximum Gasteiger partial charge on any atom is 0.236 e. The molecule has 2 rings (SSSR count). The van der Waals surface area contributed by atoms with E-state index in [1.165, 1.54) is 0 Å². The molecule has 6 heteroatoms. The van der Waals surface area contributed by atoms with Crippen molar-refractivity contribution in [3.8, 4) is 11.5 Å². The van der Waals surface area contributed by atoms with Gasteiger partial charge in [0.25, 0.3) is 0 Å². The number of benzene rings is 1. The zero-order valence-corrected chi connectivity index (χ0v) is 10.9. The number of nitrogens with one attached hydrogen (secondary N) is 1. The SMILES string of the molecule is C[C@H](N)C(=O)NCC1COc2ccccc2O1.Cl. The molecule has 1 aromatic rings. The van der Waals surface area contributed by atoms with Crippen LogP contribution in [0.1, 0.15) is 6.92 Å². The zero-order chi connectivity index (χ0) is 12.3. The highest BCUT2D eigenvalue weighted by Crippen LogP contribution is 2.30. The van der Waals surface area contributed by atoms with Crippen LogP contribution in [0.25, 0.3) is 0 Å². The van der Waals surface area contributed by atoms with Crippen molar-refractivity contribution in [2.45, 2.75) is 19.1 Å². The van der Waals surface area contributed by atoms with Gasteiger partial charge in [0.15, 0.2) is 11.5 Å². The third kappa shape index (κ3) is 3.51. The van der Waals surface area contributed by atoms with Crippen LogP contribution in [0, 0.1) is 0 Å². The number of hydrogen-bond acceptors (Lipinski definition) is 4. The van der Waals surface area contributed by atoms with E-state index in [4.69, 9.17) is 15.2 Å². The van der Waals surface area contributed by atoms with E-state index in [1.54, 1.807) is 6.92 Å². The van der Waals surface area contributed by atoms with Crippen molar-refractivity contribution in [3.05, 3.63) is 24.3 Å². The lowest BCUT2D eigenvalue weighted by Crippen LogP contribution is -2.45. The minimum atomic E-state index is -0.508. The second-order valence-electron chi connectivity index (χ2n) is 4.03. The maximum absolute atomic E-state index is 11.3. The average molecular weight is 273 g/mol. The Morgan fingerprint density at radius 1 is 1.50 bits per heavy atom. The zero-order valence-electron chi connectivity index (χ0n) is 10.1. The average Bonchev–Trinajstić information content (AvgIpc) is 2.35. The molecule has 0 aliphatic carbocycles. The van der Waals surface area contributed by atoms with Gasteiger partial charge in [-0.1, -0.05) is 12.1 Å². The minimum Gasteiger partial charge on any atom is -0.486 e. The van der Waals surface area contributed by atoms with Gasteiger partial charge < -0.3 is 20.5 Å². The van der Waals surface area contributed by atoms with Gasteiger partial charge in [0, 0.05) is 0 Å². The molecule has 18 heavy (non-hydrogen) atoms. The van der Waals surface area contributed by atoms with Crippen molar-refractivity contribution in [1.82, 2.24) is 5.32 Å². The topological polar surface area (TPSA) is 73.6 Å². The van der Waals surface area contributed by atoms with Gasteiger partial charge >= 0.3 is 0 Å². The lowest BCUT2D eigenvalue weighted by atomic mass is 10.2. The van der Waals surface area contributed by atoms with Crippen LogP contribution in [0.5, 0.6) is 11.5 Å². The fourth-order valence-electron chi connectivity index (χ4n) is 1.54. The molecular formula is C12H17ClN2O3. The molecule has 1 aliphatic rings. The summed E-state index contributed by atoms with van der Waals surface area (Å²) in [6, 6.07) is 6.96. The lowest BCUT2D eigenvalue weighted by Gasteiger charge is -2.26. The van der Waals surface area contributed by atoms with E-state index in [0.29, 0.717) is 18.9 Å².